The normalized spacial score (nSPS) is 11.7. The summed E-state index contributed by atoms with van der Waals surface area (Å²) >= 11 is 0. The van der Waals surface area contributed by atoms with E-state index in [1.807, 2.05) is 6.92 Å². The van der Waals surface area contributed by atoms with Crippen LogP contribution in [-0.2, 0) is 23.1 Å². The standard InChI is InChI=1S/C14H17FN2O3S/c1-2-16-9-12-3-4-13(15)7-14(12)21(18,19)17-8-11-5-6-20-10-11/h3-7,10,16-17H,2,8-9H2,1H3. The fourth-order valence-electron chi connectivity index (χ4n) is 1.83. The first-order valence-corrected chi connectivity index (χ1v) is 8.01. The average molecular weight is 312 g/mol. The average Bonchev–Trinajstić information content (AvgIpc) is 2.97. The number of rotatable bonds is 7. The summed E-state index contributed by atoms with van der Waals surface area (Å²) in [6.07, 6.45) is 2.91. The summed E-state index contributed by atoms with van der Waals surface area (Å²) in [7, 11) is -3.79. The van der Waals surface area contributed by atoms with Crippen molar-refractivity contribution in [2.24, 2.45) is 0 Å². The molecule has 0 aliphatic heterocycles. The van der Waals surface area contributed by atoms with Crippen LogP contribution in [0.2, 0.25) is 0 Å². The minimum atomic E-state index is -3.79. The topological polar surface area (TPSA) is 71.3 Å². The second-order valence-corrected chi connectivity index (χ2v) is 6.22. The molecule has 0 bridgehead atoms. The van der Waals surface area contributed by atoms with Crippen molar-refractivity contribution in [3.63, 3.8) is 0 Å². The van der Waals surface area contributed by atoms with E-state index >= 15 is 0 Å². The molecule has 1 aromatic carbocycles. The highest BCUT2D eigenvalue weighted by Crippen LogP contribution is 2.18. The van der Waals surface area contributed by atoms with Gasteiger partial charge in [-0.15, -0.1) is 0 Å². The van der Waals surface area contributed by atoms with Crippen LogP contribution in [0.3, 0.4) is 0 Å². The third-order valence-corrected chi connectivity index (χ3v) is 4.41. The molecular weight excluding hydrogens is 295 g/mol. The molecule has 2 rings (SSSR count). The molecule has 0 fully saturated rings. The molecule has 21 heavy (non-hydrogen) atoms. The van der Waals surface area contributed by atoms with Crippen molar-refractivity contribution < 1.29 is 17.2 Å². The first-order valence-electron chi connectivity index (χ1n) is 6.53. The largest absolute Gasteiger partial charge is 0.472 e. The number of furan rings is 1. The zero-order valence-electron chi connectivity index (χ0n) is 11.6. The lowest BCUT2D eigenvalue weighted by Gasteiger charge is -2.11. The summed E-state index contributed by atoms with van der Waals surface area (Å²) in [5.74, 6) is -0.584. The highest BCUT2D eigenvalue weighted by atomic mass is 32.2. The van der Waals surface area contributed by atoms with Crippen molar-refractivity contribution in [2.45, 2.75) is 24.9 Å². The lowest BCUT2D eigenvalue weighted by Crippen LogP contribution is -2.25. The summed E-state index contributed by atoms with van der Waals surface area (Å²) in [5, 5.41) is 3.04. The predicted molar refractivity (Wildman–Crippen MR) is 76.5 cm³/mol. The van der Waals surface area contributed by atoms with E-state index in [0.29, 0.717) is 24.2 Å². The predicted octanol–water partition coefficient (Wildman–Crippen LogP) is 2.01. The molecule has 1 aromatic heterocycles. The van der Waals surface area contributed by atoms with E-state index in [0.717, 1.165) is 6.07 Å². The van der Waals surface area contributed by atoms with E-state index in [-0.39, 0.29) is 11.4 Å². The van der Waals surface area contributed by atoms with Gasteiger partial charge in [-0.1, -0.05) is 13.0 Å². The van der Waals surface area contributed by atoms with Crippen LogP contribution >= 0.6 is 0 Å². The number of benzene rings is 1. The van der Waals surface area contributed by atoms with Gasteiger partial charge in [0.05, 0.1) is 17.4 Å². The van der Waals surface area contributed by atoms with E-state index in [1.165, 1.54) is 24.7 Å². The maximum absolute atomic E-state index is 13.4. The molecule has 2 N–H and O–H groups in total. The molecule has 114 valence electrons. The Morgan fingerprint density at radius 2 is 2.05 bits per heavy atom. The fourth-order valence-corrected chi connectivity index (χ4v) is 3.10. The lowest BCUT2D eigenvalue weighted by molar-refractivity contribution is 0.560. The number of hydrogen-bond acceptors (Lipinski definition) is 4. The van der Waals surface area contributed by atoms with Gasteiger partial charge in [0.15, 0.2) is 0 Å². The Bertz CT molecular complexity index is 684. The van der Waals surface area contributed by atoms with Gasteiger partial charge >= 0.3 is 0 Å². The van der Waals surface area contributed by atoms with Crippen molar-refractivity contribution in [2.75, 3.05) is 6.54 Å². The van der Waals surface area contributed by atoms with Gasteiger partial charge in [-0.05, 0) is 30.3 Å². The zero-order valence-corrected chi connectivity index (χ0v) is 12.4. The van der Waals surface area contributed by atoms with Crippen LogP contribution in [0.1, 0.15) is 18.1 Å². The molecule has 0 aliphatic carbocycles. The van der Waals surface area contributed by atoms with Crippen LogP contribution in [0.15, 0.2) is 46.1 Å². The van der Waals surface area contributed by atoms with E-state index in [4.69, 9.17) is 4.42 Å². The van der Waals surface area contributed by atoms with Crippen molar-refractivity contribution in [1.29, 1.82) is 0 Å². The highest BCUT2D eigenvalue weighted by molar-refractivity contribution is 7.89. The first kappa shape index (κ1) is 15.7. The Balaban J connectivity index is 2.23. The number of halogens is 1. The van der Waals surface area contributed by atoms with Gasteiger partial charge in [-0.2, -0.15) is 0 Å². The molecule has 0 saturated carbocycles. The summed E-state index contributed by atoms with van der Waals surface area (Å²) in [4.78, 5) is -0.0491. The van der Waals surface area contributed by atoms with E-state index in [1.54, 1.807) is 6.07 Å². The minimum absolute atomic E-state index is 0.0491. The zero-order chi connectivity index (χ0) is 15.3. The van der Waals surface area contributed by atoms with E-state index in [2.05, 4.69) is 10.0 Å². The van der Waals surface area contributed by atoms with Gasteiger partial charge in [0.2, 0.25) is 10.0 Å². The molecule has 7 heteroatoms. The van der Waals surface area contributed by atoms with Crippen molar-refractivity contribution in [1.82, 2.24) is 10.0 Å². The Hall–Kier alpha value is -1.70. The molecule has 0 radical (unpaired) electrons. The first-order chi connectivity index (χ1) is 10.0. The van der Waals surface area contributed by atoms with E-state index < -0.39 is 15.8 Å². The monoisotopic (exact) mass is 312 g/mol. The lowest BCUT2D eigenvalue weighted by atomic mass is 10.2. The van der Waals surface area contributed by atoms with Gasteiger partial charge in [-0.25, -0.2) is 17.5 Å². The van der Waals surface area contributed by atoms with Crippen LogP contribution in [0, 0.1) is 5.82 Å². The maximum Gasteiger partial charge on any atom is 0.241 e. The molecule has 0 atom stereocenters. The van der Waals surface area contributed by atoms with Crippen LogP contribution in [0.25, 0.3) is 0 Å². The van der Waals surface area contributed by atoms with Crippen LogP contribution in [-0.4, -0.2) is 15.0 Å². The third kappa shape index (κ3) is 4.13. The van der Waals surface area contributed by atoms with Gasteiger partial charge in [0.25, 0.3) is 0 Å². The summed E-state index contributed by atoms with van der Waals surface area (Å²) in [5.41, 5.74) is 1.22. The molecule has 1 heterocycles. The Labute approximate surface area is 123 Å². The maximum atomic E-state index is 13.4. The third-order valence-electron chi connectivity index (χ3n) is 2.93. The Kier molecular flexibility index (Phi) is 5.11. The van der Waals surface area contributed by atoms with Crippen LogP contribution < -0.4 is 10.0 Å². The van der Waals surface area contributed by atoms with Crippen LogP contribution in [0.4, 0.5) is 4.39 Å². The SMILES string of the molecule is CCNCc1ccc(F)cc1S(=O)(=O)NCc1ccoc1. The second kappa shape index (κ2) is 6.84. The number of nitrogens with one attached hydrogen (secondary N) is 2. The fraction of sp³-hybridized carbons (Fsp3) is 0.286. The molecule has 0 amide bonds. The van der Waals surface area contributed by atoms with Gasteiger partial charge < -0.3 is 9.73 Å². The highest BCUT2D eigenvalue weighted by Gasteiger charge is 2.19. The summed E-state index contributed by atoms with van der Waals surface area (Å²) < 4.78 is 45.4. The number of hydrogen-bond donors (Lipinski definition) is 2. The second-order valence-electron chi connectivity index (χ2n) is 4.49. The Morgan fingerprint density at radius 1 is 1.24 bits per heavy atom. The van der Waals surface area contributed by atoms with Crippen LogP contribution in [0.5, 0.6) is 0 Å². The van der Waals surface area contributed by atoms with Gasteiger partial charge in [0.1, 0.15) is 5.82 Å². The number of sulfonamides is 1. The van der Waals surface area contributed by atoms with E-state index in [9.17, 15) is 12.8 Å². The summed E-state index contributed by atoms with van der Waals surface area (Å²) in [6, 6.07) is 5.42. The Morgan fingerprint density at radius 3 is 2.71 bits per heavy atom. The summed E-state index contributed by atoms with van der Waals surface area (Å²) in [6.45, 7) is 3.06. The molecule has 0 aliphatic rings. The smallest absolute Gasteiger partial charge is 0.241 e. The molecule has 0 spiro atoms. The minimum Gasteiger partial charge on any atom is -0.472 e. The van der Waals surface area contributed by atoms with Crippen molar-refractivity contribution >= 4 is 10.0 Å². The molecule has 0 unspecified atom stereocenters. The quantitative estimate of drug-likeness (QED) is 0.820. The van der Waals surface area contributed by atoms with Crippen molar-refractivity contribution in [3.05, 3.63) is 53.7 Å². The van der Waals surface area contributed by atoms with Gasteiger partial charge in [-0.3, -0.25) is 0 Å². The van der Waals surface area contributed by atoms with Gasteiger partial charge in [0, 0.05) is 18.7 Å². The molecule has 5 nitrogen and oxygen atoms in total. The molecule has 2 aromatic rings. The van der Waals surface area contributed by atoms with Crippen molar-refractivity contribution in [3.8, 4) is 0 Å². The molecule has 0 saturated heterocycles. The molecular formula is C14H17FN2O3S.